The number of hydrogen-bond acceptors (Lipinski definition) is 2. The summed E-state index contributed by atoms with van der Waals surface area (Å²) in [7, 11) is 1.47. The van der Waals surface area contributed by atoms with Gasteiger partial charge in [-0.1, -0.05) is 23.2 Å². The molecule has 0 fully saturated rings. The van der Waals surface area contributed by atoms with Crippen LogP contribution in [0, 0.1) is 12.7 Å². The van der Waals surface area contributed by atoms with Gasteiger partial charge in [0.05, 0.1) is 18.2 Å². The molecule has 0 aliphatic rings. The van der Waals surface area contributed by atoms with Crippen LogP contribution in [0.3, 0.4) is 0 Å². The number of rotatable bonds is 3. The Balaban J connectivity index is 2.52. The van der Waals surface area contributed by atoms with Crippen molar-refractivity contribution in [1.82, 2.24) is 0 Å². The van der Waals surface area contributed by atoms with Crippen LogP contribution < -0.4 is 4.74 Å². The van der Waals surface area contributed by atoms with Gasteiger partial charge in [0.25, 0.3) is 0 Å². The van der Waals surface area contributed by atoms with Crippen LogP contribution in [0.4, 0.5) is 4.39 Å². The normalized spacial score (nSPS) is 10.3. The van der Waals surface area contributed by atoms with Gasteiger partial charge in [-0.05, 0) is 37.3 Å². The molecule has 0 heterocycles. The Labute approximate surface area is 115 Å². The maximum Gasteiger partial charge on any atom is 0.199 e. The van der Waals surface area contributed by atoms with Crippen molar-refractivity contribution < 1.29 is 13.9 Å². The van der Waals surface area contributed by atoms with Gasteiger partial charge in [-0.25, -0.2) is 4.39 Å². The Morgan fingerprint density at radius 2 is 1.89 bits per heavy atom. The number of methoxy groups -OCH3 is 1. The summed E-state index contributed by atoms with van der Waals surface area (Å²) in [6.45, 7) is 1.86. The minimum absolute atomic E-state index is 0.0201. The molecule has 2 aromatic rings. The van der Waals surface area contributed by atoms with Gasteiger partial charge in [0, 0.05) is 5.02 Å². The number of hydrogen-bond donors (Lipinski definition) is 0. The molecule has 0 spiro atoms. The van der Waals surface area contributed by atoms with Gasteiger partial charge in [0.2, 0.25) is 0 Å². The lowest BCUT2D eigenvalue weighted by atomic mass is 10.0. The molecule has 0 aliphatic carbocycles. The zero-order valence-corrected chi connectivity index (χ0v) is 11.3. The largest absolute Gasteiger partial charge is 0.496 e. The van der Waals surface area contributed by atoms with Crippen LogP contribution in [0.15, 0.2) is 36.4 Å². The Morgan fingerprint density at radius 3 is 2.53 bits per heavy atom. The highest BCUT2D eigenvalue weighted by molar-refractivity contribution is 6.30. The molecule has 0 radical (unpaired) electrons. The SMILES string of the molecule is COc1ccc(C)cc1C(=O)c1ccc(Cl)cc1F. The minimum Gasteiger partial charge on any atom is -0.496 e. The summed E-state index contributed by atoms with van der Waals surface area (Å²) in [5, 5.41) is 0.255. The number of carbonyl (C=O) groups is 1. The van der Waals surface area contributed by atoms with Gasteiger partial charge in [-0.15, -0.1) is 0 Å². The number of halogens is 2. The van der Waals surface area contributed by atoms with Crippen LogP contribution >= 0.6 is 11.6 Å². The fraction of sp³-hybridized carbons (Fsp3) is 0.133. The molecule has 0 bridgehead atoms. The van der Waals surface area contributed by atoms with E-state index in [-0.39, 0.29) is 10.6 Å². The third-order valence-electron chi connectivity index (χ3n) is 2.78. The molecule has 2 rings (SSSR count). The summed E-state index contributed by atoms with van der Waals surface area (Å²) in [5.74, 6) is -0.638. The molecule has 0 aromatic heterocycles. The quantitative estimate of drug-likeness (QED) is 0.793. The van der Waals surface area contributed by atoms with E-state index in [2.05, 4.69) is 0 Å². The molecule has 0 atom stereocenters. The summed E-state index contributed by atoms with van der Waals surface area (Å²) >= 11 is 5.68. The molecular formula is C15H12ClFO2. The van der Waals surface area contributed by atoms with Crippen molar-refractivity contribution in [2.24, 2.45) is 0 Å². The topological polar surface area (TPSA) is 26.3 Å². The van der Waals surface area contributed by atoms with Crippen LogP contribution in [0.25, 0.3) is 0 Å². The van der Waals surface area contributed by atoms with E-state index in [1.807, 2.05) is 13.0 Å². The molecule has 0 saturated heterocycles. The van der Waals surface area contributed by atoms with E-state index in [1.54, 1.807) is 12.1 Å². The average Bonchev–Trinajstić information content (AvgIpc) is 2.38. The highest BCUT2D eigenvalue weighted by Crippen LogP contribution is 2.25. The Morgan fingerprint density at radius 1 is 1.16 bits per heavy atom. The molecule has 0 aliphatic heterocycles. The van der Waals surface area contributed by atoms with E-state index in [4.69, 9.17) is 16.3 Å². The van der Waals surface area contributed by atoms with Crippen molar-refractivity contribution in [1.29, 1.82) is 0 Å². The van der Waals surface area contributed by atoms with Crippen LogP contribution in [0.5, 0.6) is 5.75 Å². The van der Waals surface area contributed by atoms with E-state index < -0.39 is 11.6 Å². The Hall–Kier alpha value is -1.87. The molecule has 2 aromatic carbocycles. The molecule has 4 heteroatoms. The molecule has 0 amide bonds. The van der Waals surface area contributed by atoms with Gasteiger partial charge in [0.15, 0.2) is 5.78 Å². The number of ether oxygens (including phenoxy) is 1. The number of ketones is 1. The lowest BCUT2D eigenvalue weighted by molar-refractivity contribution is 0.103. The first-order valence-electron chi connectivity index (χ1n) is 5.67. The highest BCUT2D eigenvalue weighted by atomic mass is 35.5. The first kappa shape index (κ1) is 13.6. The number of benzene rings is 2. The molecule has 0 unspecified atom stereocenters. The van der Waals surface area contributed by atoms with Crippen molar-refractivity contribution in [2.45, 2.75) is 6.92 Å². The standard InChI is InChI=1S/C15H12ClFO2/c1-9-3-6-14(19-2)12(7-9)15(18)11-5-4-10(16)8-13(11)17/h3-8H,1-2H3. The van der Waals surface area contributed by atoms with Gasteiger partial charge < -0.3 is 4.74 Å². The van der Waals surface area contributed by atoms with Crippen molar-refractivity contribution in [3.63, 3.8) is 0 Å². The van der Waals surface area contributed by atoms with E-state index in [0.717, 1.165) is 11.6 Å². The van der Waals surface area contributed by atoms with Crippen molar-refractivity contribution in [3.05, 3.63) is 63.9 Å². The molecule has 19 heavy (non-hydrogen) atoms. The van der Waals surface area contributed by atoms with Crippen LogP contribution in [0.1, 0.15) is 21.5 Å². The zero-order chi connectivity index (χ0) is 14.0. The Kier molecular flexibility index (Phi) is 3.86. The molecular weight excluding hydrogens is 267 g/mol. The third kappa shape index (κ3) is 2.76. The fourth-order valence-corrected chi connectivity index (χ4v) is 1.98. The predicted octanol–water partition coefficient (Wildman–Crippen LogP) is 4.03. The molecule has 98 valence electrons. The summed E-state index contributed by atoms with van der Waals surface area (Å²) in [5.41, 5.74) is 1.22. The van der Waals surface area contributed by atoms with Gasteiger partial charge in [0.1, 0.15) is 11.6 Å². The van der Waals surface area contributed by atoms with Crippen LogP contribution in [0.2, 0.25) is 5.02 Å². The maximum atomic E-state index is 13.8. The summed E-state index contributed by atoms with van der Waals surface area (Å²) in [6, 6.07) is 9.18. The van der Waals surface area contributed by atoms with Crippen molar-refractivity contribution in [3.8, 4) is 5.75 Å². The second kappa shape index (κ2) is 5.41. The van der Waals surface area contributed by atoms with E-state index >= 15 is 0 Å². The molecule has 2 nitrogen and oxygen atoms in total. The molecule has 0 N–H and O–H groups in total. The first-order valence-corrected chi connectivity index (χ1v) is 6.05. The number of aryl methyl sites for hydroxylation is 1. The van der Waals surface area contributed by atoms with Crippen molar-refractivity contribution >= 4 is 17.4 Å². The first-order chi connectivity index (χ1) is 9.02. The zero-order valence-electron chi connectivity index (χ0n) is 10.5. The second-order valence-electron chi connectivity index (χ2n) is 4.16. The average molecular weight is 279 g/mol. The lowest BCUT2D eigenvalue weighted by Crippen LogP contribution is -2.06. The van der Waals surface area contributed by atoms with E-state index in [9.17, 15) is 9.18 Å². The third-order valence-corrected chi connectivity index (χ3v) is 3.01. The van der Waals surface area contributed by atoms with Crippen LogP contribution in [-0.2, 0) is 0 Å². The maximum absolute atomic E-state index is 13.8. The smallest absolute Gasteiger partial charge is 0.199 e. The van der Waals surface area contributed by atoms with Gasteiger partial charge in [-0.2, -0.15) is 0 Å². The second-order valence-corrected chi connectivity index (χ2v) is 4.59. The highest BCUT2D eigenvalue weighted by Gasteiger charge is 2.18. The fourth-order valence-electron chi connectivity index (χ4n) is 1.82. The molecule has 0 saturated carbocycles. The number of carbonyl (C=O) groups excluding carboxylic acids is 1. The van der Waals surface area contributed by atoms with Crippen molar-refractivity contribution in [2.75, 3.05) is 7.11 Å². The summed E-state index contributed by atoms with van der Waals surface area (Å²) in [4.78, 5) is 12.3. The van der Waals surface area contributed by atoms with Crippen LogP contribution in [-0.4, -0.2) is 12.9 Å². The monoisotopic (exact) mass is 278 g/mol. The predicted molar refractivity (Wildman–Crippen MR) is 72.6 cm³/mol. The van der Waals surface area contributed by atoms with E-state index in [1.165, 1.54) is 19.2 Å². The summed E-state index contributed by atoms with van der Waals surface area (Å²) < 4.78 is 18.9. The lowest BCUT2D eigenvalue weighted by Gasteiger charge is -2.09. The van der Waals surface area contributed by atoms with Gasteiger partial charge >= 0.3 is 0 Å². The minimum atomic E-state index is -0.638. The Bertz CT molecular complexity index is 638. The van der Waals surface area contributed by atoms with E-state index in [0.29, 0.717) is 11.3 Å². The van der Waals surface area contributed by atoms with Gasteiger partial charge in [-0.3, -0.25) is 4.79 Å². The summed E-state index contributed by atoms with van der Waals surface area (Å²) in [6.07, 6.45) is 0.